The lowest BCUT2D eigenvalue weighted by Crippen LogP contribution is -1.91. The van der Waals surface area contributed by atoms with E-state index in [9.17, 15) is 5.11 Å². The lowest BCUT2D eigenvalue weighted by molar-refractivity contribution is 0.373. The van der Waals surface area contributed by atoms with Crippen LogP contribution in [0.2, 0.25) is 0 Å². The van der Waals surface area contributed by atoms with Crippen LogP contribution in [0.15, 0.2) is 40.8 Å². The van der Waals surface area contributed by atoms with E-state index in [0.717, 1.165) is 26.1 Å². The van der Waals surface area contributed by atoms with E-state index in [1.165, 1.54) is 7.11 Å². The fraction of sp³-hybridized carbons (Fsp3) is 0.125. The summed E-state index contributed by atoms with van der Waals surface area (Å²) in [4.78, 5) is 6.87. The molecule has 0 aliphatic carbocycles. The molecule has 0 bridgehead atoms. The Balaban J connectivity index is 1.72. The van der Waals surface area contributed by atoms with E-state index >= 15 is 0 Å². The van der Waals surface area contributed by atoms with Gasteiger partial charge in [0.2, 0.25) is 5.13 Å². The van der Waals surface area contributed by atoms with Crippen molar-refractivity contribution in [3.05, 3.63) is 46.2 Å². The normalized spacial score (nSPS) is 11.0. The zero-order valence-electron chi connectivity index (χ0n) is 12.6. The molecule has 3 rings (SSSR count). The highest BCUT2D eigenvalue weighted by Gasteiger charge is 2.10. The highest BCUT2D eigenvalue weighted by Crippen LogP contribution is 2.33. The second-order valence-electron chi connectivity index (χ2n) is 4.70. The molecule has 23 heavy (non-hydrogen) atoms. The van der Waals surface area contributed by atoms with Crippen LogP contribution in [0.1, 0.15) is 10.4 Å². The first kappa shape index (κ1) is 15.5. The second kappa shape index (κ2) is 6.80. The highest BCUT2D eigenvalue weighted by atomic mass is 32.1. The van der Waals surface area contributed by atoms with Crippen LogP contribution in [0.25, 0.3) is 10.6 Å². The van der Waals surface area contributed by atoms with E-state index in [-0.39, 0.29) is 5.75 Å². The maximum atomic E-state index is 9.57. The van der Waals surface area contributed by atoms with Gasteiger partial charge in [-0.25, -0.2) is 4.98 Å². The first-order chi connectivity index (χ1) is 11.2. The van der Waals surface area contributed by atoms with Gasteiger partial charge in [-0.05, 0) is 42.1 Å². The molecule has 0 aliphatic rings. The molecule has 2 N–H and O–H groups in total. The smallest absolute Gasteiger partial charge is 0.204 e. The topological polar surface area (TPSA) is 66.7 Å². The van der Waals surface area contributed by atoms with Crippen molar-refractivity contribution in [1.82, 2.24) is 4.98 Å². The van der Waals surface area contributed by atoms with E-state index in [1.54, 1.807) is 47.1 Å². The number of thiazole rings is 1. The summed E-state index contributed by atoms with van der Waals surface area (Å²) in [5.74, 6) is 0.521. The highest BCUT2D eigenvalue weighted by molar-refractivity contribution is 7.17. The molecule has 2 aromatic heterocycles. The minimum absolute atomic E-state index is 0.105. The van der Waals surface area contributed by atoms with Gasteiger partial charge in [0.15, 0.2) is 11.5 Å². The molecular weight excluding hydrogens is 330 g/mol. The fourth-order valence-corrected chi connectivity index (χ4v) is 3.64. The first-order valence-corrected chi connectivity index (χ1v) is 8.54. The summed E-state index contributed by atoms with van der Waals surface area (Å²) in [5.41, 5.74) is 4.76. The Morgan fingerprint density at radius 3 is 2.96 bits per heavy atom. The van der Waals surface area contributed by atoms with Crippen molar-refractivity contribution in [3.63, 3.8) is 0 Å². The molecule has 0 fully saturated rings. The third-order valence-electron chi connectivity index (χ3n) is 3.13. The number of thiophene rings is 1. The number of methoxy groups -OCH3 is 1. The van der Waals surface area contributed by atoms with Gasteiger partial charge in [-0.2, -0.15) is 5.10 Å². The number of aromatic nitrogens is 1. The van der Waals surface area contributed by atoms with Crippen LogP contribution >= 0.6 is 22.7 Å². The largest absolute Gasteiger partial charge is 0.504 e. The van der Waals surface area contributed by atoms with Crippen LogP contribution in [0, 0.1) is 6.92 Å². The van der Waals surface area contributed by atoms with Crippen molar-refractivity contribution in [2.75, 3.05) is 12.5 Å². The molecule has 0 unspecified atom stereocenters. The van der Waals surface area contributed by atoms with Gasteiger partial charge < -0.3 is 9.84 Å². The van der Waals surface area contributed by atoms with Crippen molar-refractivity contribution in [3.8, 4) is 22.1 Å². The molecule has 2 heterocycles. The fourth-order valence-electron chi connectivity index (χ4n) is 2.02. The van der Waals surface area contributed by atoms with Crippen LogP contribution in [0.3, 0.4) is 0 Å². The van der Waals surface area contributed by atoms with Gasteiger partial charge in [0.1, 0.15) is 0 Å². The number of phenols is 1. The maximum Gasteiger partial charge on any atom is 0.204 e. The van der Waals surface area contributed by atoms with E-state index in [1.807, 2.05) is 18.4 Å². The maximum absolute atomic E-state index is 9.57. The number of nitrogens with one attached hydrogen (secondary N) is 1. The monoisotopic (exact) mass is 345 g/mol. The van der Waals surface area contributed by atoms with Crippen molar-refractivity contribution in [2.24, 2.45) is 5.10 Å². The Morgan fingerprint density at radius 1 is 1.35 bits per heavy atom. The summed E-state index contributed by atoms with van der Waals surface area (Å²) in [7, 11) is 1.51. The molecule has 1 aromatic carbocycles. The van der Waals surface area contributed by atoms with Crippen LogP contribution in [0.4, 0.5) is 5.13 Å². The average molecular weight is 345 g/mol. The number of benzene rings is 1. The molecule has 0 saturated heterocycles. The van der Waals surface area contributed by atoms with Gasteiger partial charge in [-0.3, -0.25) is 5.43 Å². The molecule has 0 aliphatic heterocycles. The van der Waals surface area contributed by atoms with Gasteiger partial charge >= 0.3 is 0 Å². The van der Waals surface area contributed by atoms with Gasteiger partial charge in [0, 0.05) is 4.88 Å². The Labute approximate surface area is 141 Å². The number of phenolic OH excluding ortho intramolecular Hbond substituents is 1. The van der Waals surface area contributed by atoms with Crippen LogP contribution in [-0.4, -0.2) is 23.4 Å². The minimum atomic E-state index is 0.105. The number of aryl methyl sites for hydroxylation is 1. The predicted molar refractivity (Wildman–Crippen MR) is 96.0 cm³/mol. The number of rotatable bonds is 5. The molecule has 5 nitrogen and oxygen atoms in total. The summed E-state index contributed by atoms with van der Waals surface area (Å²) >= 11 is 3.23. The zero-order chi connectivity index (χ0) is 16.2. The van der Waals surface area contributed by atoms with Gasteiger partial charge in [-0.15, -0.1) is 22.7 Å². The van der Waals surface area contributed by atoms with Crippen molar-refractivity contribution >= 4 is 34.0 Å². The van der Waals surface area contributed by atoms with E-state index in [0.29, 0.717) is 5.75 Å². The summed E-state index contributed by atoms with van der Waals surface area (Å²) in [6.07, 6.45) is 1.66. The van der Waals surface area contributed by atoms with Gasteiger partial charge in [0.25, 0.3) is 0 Å². The number of hydrogen-bond acceptors (Lipinski definition) is 7. The molecular formula is C16H15N3O2S2. The average Bonchev–Trinajstić information content (AvgIpc) is 3.18. The molecule has 118 valence electrons. The minimum Gasteiger partial charge on any atom is -0.504 e. The Hall–Kier alpha value is -2.38. The lowest BCUT2D eigenvalue weighted by atomic mass is 10.2. The van der Waals surface area contributed by atoms with Crippen LogP contribution in [-0.2, 0) is 0 Å². The Kier molecular flexibility index (Phi) is 4.59. The summed E-state index contributed by atoms with van der Waals surface area (Å²) in [5, 5.41) is 16.5. The summed E-state index contributed by atoms with van der Waals surface area (Å²) < 4.78 is 5.07. The molecule has 0 amide bonds. The van der Waals surface area contributed by atoms with Crippen molar-refractivity contribution in [1.29, 1.82) is 0 Å². The second-order valence-corrected chi connectivity index (χ2v) is 6.85. The third-order valence-corrected chi connectivity index (χ3v) is 4.88. The van der Waals surface area contributed by atoms with Gasteiger partial charge in [-0.1, -0.05) is 6.07 Å². The molecule has 0 spiro atoms. The molecule has 0 radical (unpaired) electrons. The van der Waals surface area contributed by atoms with Crippen molar-refractivity contribution in [2.45, 2.75) is 6.92 Å². The van der Waals surface area contributed by atoms with Crippen molar-refractivity contribution < 1.29 is 9.84 Å². The van der Waals surface area contributed by atoms with Gasteiger partial charge in [0.05, 0.1) is 23.9 Å². The molecule has 3 aromatic rings. The Bertz CT molecular complexity index is 826. The number of aromatic hydroxyl groups is 1. The zero-order valence-corrected chi connectivity index (χ0v) is 14.2. The third kappa shape index (κ3) is 3.52. The van der Waals surface area contributed by atoms with E-state index in [2.05, 4.69) is 21.6 Å². The quantitative estimate of drug-likeness (QED) is 0.533. The number of ether oxygens (including phenoxy) is 1. The molecule has 7 heteroatoms. The Morgan fingerprint density at radius 2 is 2.22 bits per heavy atom. The van der Waals surface area contributed by atoms with Crippen LogP contribution < -0.4 is 10.2 Å². The number of hydrazone groups is 1. The number of hydrogen-bond donors (Lipinski definition) is 2. The standard InChI is InChI=1S/C16H15N3O2S2/c1-10-15(14-4-3-7-22-14)18-16(23-10)19-17-9-11-5-6-12(20)13(8-11)21-2/h3-9,20H,1-2H3,(H,18,19)/b17-9-. The van der Waals surface area contributed by atoms with E-state index < -0.39 is 0 Å². The number of anilines is 1. The van der Waals surface area contributed by atoms with E-state index in [4.69, 9.17) is 4.74 Å². The lowest BCUT2D eigenvalue weighted by Gasteiger charge is -2.03. The number of nitrogens with zero attached hydrogens (tertiary/aromatic N) is 2. The SMILES string of the molecule is COc1cc(/C=N\Nc2nc(-c3cccs3)c(C)s2)ccc1O. The molecule has 0 saturated carbocycles. The summed E-state index contributed by atoms with van der Waals surface area (Å²) in [6.45, 7) is 2.05. The van der Waals surface area contributed by atoms with Crippen LogP contribution in [0.5, 0.6) is 11.5 Å². The predicted octanol–water partition coefficient (Wildman–Crippen LogP) is 4.34. The first-order valence-electron chi connectivity index (χ1n) is 6.85. The molecule has 0 atom stereocenters. The summed E-state index contributed by atoms with van der Waals surface area (Å²) in [6, 6.07) is 9.12.